The van der Waals surface area contributed by atoms with Gasteiger partial charge in [-0.3, -0.25) is 9.78 Å². The zero-order valence-corrected chi connectivity index (χ0v) is 14.9. The van der Waals surface area contributed by atoms with Crippen LogP contribution in [0.25, 0.3) is 17.1 Å². The van der Waals surface area contributed by atoms with Crippen molar-refractivity contribution in [2.75, 3.05) is 0 Å². The second kappa shape index (κ2) is 7.71. The standard InChI is InChI=1S/C21H17N5O2/c27-19-11-20(26-10-4-9-25-26)23-14-17(19)21(28)24-13-15-7-8-18(22-12-15)16-5-2-1-3-6-16/h1-12,14H,13H2,(H,23,27)(H,24,28). The van der Waals surface area contributed by atoms with Crippen molar-refractivity contribution >= 4 is 5.91 Å². The van der Waals surface area contributed by atoms with Crippen LogP contribution in [0.4, 0.5) is 0 Å². The van der Waals surface area contributed by atoms with Gasteiger partial charge in [0.05, 0.1) is 11.3 Å². The molecule has 1 amide bonds. The Labute approximate surface area is 161 Å². The van der Waals surface area contributed by atoms with Crippen LogP contribution in [-0.2, 0) is 6.54 Å². The highest BCUT2D eigenvalue weighted by molar-refractivity contribution is 5.96. The number of aromatic hydroxyl groups is 1. The van der Waals surface area contributed by atoms with E-state index in [1.807, 2.05) is 42.5 Å². The summed E-state index contributed by atoms with van der Waals surface area (Å²) in [5.41, 5.74) is 2.86. The van der Waals surface area contributed by atoms with Gasteiger partial charge in [-0.05, 0) is 17.7 Å². The minimum Gasteiger partial charge on any atom is -0.507 e. The Morgan fingerprint density at radius 3 is 2.57 bits per heavy atom. The number of nitrogens with one attached hydrogen (secondary N) is 1. The second-order valence-electron chi connectivity index (χ2n) is 6.11. The highest BCUT2D eigenvalue weighted by Gasteiger charge is 2.13. The Kier molecular flexibility index (Phi) is 4.79. The van der Waals surface area contributed by atoms with Crippen molar-refractivity contribution in [1.29, 1.82) is 0 Å². The van der Waals surface area contributed by atoms with Crippen LogP contribution in [0.15, 0.2) is 79.4 Å². The van der Waals surface area contributed by atoms with E-state index in [9.17, 15) is 9.90 Å². The number of hydrogen-bond donors (Lipinski definition) is 2. The summed E-state index contributed by atoms with van der Waals surface area (Å²) in [5, 5.41) is 17.0. The molecule has 0 bridgehead atoms. The first-order valence-corrected chi connectivity index (χ1v) is 8.68. The summed E-state index contributed by atoms with van der Waals surface area (Å²) in [4.78, 5) is 21.0. The number of aromatic nitrogens is 4. The molecule has 4 rings (SSSR count). The molecular formula is C21H17N5O2. The van der Waals surface area contributed by atoms with Gasteiger partial charge in [-0.25, -0.2) is 9.67 Å². The molecule has 0 radical (unpaired) electrons. The molecule has 138 valence electrons. The maximum Gasteiger partial charge on any atom is 0.256 e. The number of pyridine rings is 2. The zero-order chi connectivity index (χ0) is 19.3. The highest BCUT2D eigenvalue weighted by Crippen LogP contribution is 2.19. The Balaban J connectivity index is 1.42. The van der Waals surface area contributed by atoms with Gasteiger partial charge in [0.1, 0.15) is 5.75 Å². The van der Waals surface area contributed by atoms with Crippen LogP contribution in [0.2, 0.25) is 0 Å². The lowest BCUT2D eigenvalue weighted by atomic mass is 10.1. The van der Waals surface area contributed by atoms with Gasteiger partial charge in [-0.15, -0.1) is 0 Å². The Bertz CT molecular complexity index is 1080. The minimum atomic E-state index is -0.413. The highest BCUT2D eigenvalue weighted by atomic mass is 16.3. The van der Waals surface area contributed by atoms with Gasteiger partial charge >= 0.3 is 0 Å². The fourth-order valence-corrected chi connectivity index (χ4v) is 2.72. The molecule has 0 fully saturated rings. The summed E-state index contributed by atoms with van der Waals surface area (Å²) >= 11 is 0. The number of amides is 1. The van der Waals surface area contributed by atoms with Crippen LogP contribution in [0, 0.1) is 0 Å². The summed E-state index contributed by atoms with van der Waals surface area (Å²) in [6.07, 6.45) is 6.37. The van der Waals surface area contributed by atoms with Crippen molar-refractivity contribution in [1.82, 2.24) is 25.1 Å². The van der Waals surface area contributed by atoms with Crippen molar-refractivity contribution in [2.45, 2.75) is 6.54 Å². The maximum absolute atomic E-state index is 12.4. The first-order chi connectivity index (χ1) is 13.7. The average molecular weight is 371 g/mol. The lowest BCUT2D eigenvalue weighted by Crippen LogP contribution is -2.23. The summed E-state index contributed by atoms with van der Waals surface area (Å²) < 4.78 is 1.50. The number of carbonyl (C=O) groups is 1. The number of rotatable bonds is 5. The van der Waals surface area contributed by atoms with Crippen LogP contribution >= 0.6 is 0 Å². The van der Waals surface area contributed by atoms with Crippen LogP contribution in [-0.4, -0.2) is 30.8 Å². The van der Waals surface area contributed by atoms with Crippen molar-refractivity contribution in [2.24, 2.45) is 0 Å². The average Bonchev–Trinajstić information content (AvgIpc) is 3.28. The third-order valence-electron chi connectivity index (χ3n) is 4.20. The third kappa shape index (κ3) is 3.73. The molecule has 7 heteroatoms. The summed E-state index contributed by atoms with van der Waals surface area (Å²) in [6.45, 7) is 0.293. The number of benzene rings is 1. The first kappa shape index (κ1) is 17.4. The predicted molar refractivity (Wildman–Crippen MR) is 104 cm³/mol. The number of nitrogens with zero attached hydrogens (tertiary/aromatic N) is 4. The van der Waals surface area contributed by atoms with E-state index >= 15 is 0 Å². The van der Waals surface area contributed by atoms with E-state index in [1.165, 1.54) is 16.9 Å². The fraction of sp³-hybridized carbons (Fsp3) is 0.0476. The van der Waals surface area contributed by atoms with Crippen molar-refractivity contribution in [3.63, 3.8) is 0 Å². The van der Waals surface area contributed by atoms with Crippen LogP contribution in [0.3, 0.4) is 0 Å². The molecule has 1 aromatic carbocycles. The lowest BCUT2D eigenvalue weighted by molar-refractivity contribution is 0.0948. The van der Waals surface area contributed by atoms with Gasteiger partial charge < -0.3 is 10.4 Å². The molecule has 0 aliphatic carbocycles. The van der Waals surface area contributed by atoms with Crippen molar-refractivity contribution in [3.05, 3.63) is 90.5 Å². The monoisotopic (exact) mass is 371 g/mol. The molecule has 0 atom stereocenters. The Morgan fingerprint density at radius 2 is 1.89 bits per heavy atom. The molecule has 7 nitrogen and oxygen atoms in total. The molecule has 0 saturated carbocycles. The van der Waals surface area contributed by atoms with Crippen LogP contribution in [0.1, 0.15) is 15.9 Å². The fourth-order valence-electron chi connectivity index (χ4n) is 2.72. The summed E-state index contributed by atoms with van der Waals surface area (Å²) in [7, 11) is 0. The van der Waals surface area contributed by atoms with Gasteiger partial charge in [0, 0.05) is 43.0 Å². The summed E-state index contributed by atoms with van der Waals surface area (Å²) in [5.74, 6) is -0.139. The van der Waals surface area contributed by atoms with Crippen molar-refractivity contribution < 1.29 is 9.90 Å². The van der Waals surface area contributed by atoms with E-state index < -0.39 is 5.91 Å². The zero-order valence-electron chi connectivity index (χ0n) is 14.9. The van der Waals surface area contributed by atoms with E-state index in [0.717, 1.165) is 16.8 Å². The molecule has 0 aliphatic heterocycles. The minimum absolute atomic E-state index is 0.102. The molecule has 0 aliphatic rings. The van der Waals surface area contributed by atoms with Crippen molar-refractivity contribution in [3.8, 4) is 22.8 Å². The Morgan fingerprint density at radius 1 is 1.04 bits per heavy atom. The molecule has 3 heterocycles. The maximum atomic E-state index is 12.4. The van der Waals surface area contributed by atoms with Gasteiger partial charge in [0.2, 0.25) is 0 Å². The number of carbonyl (C=O) groups excluding carboxylic acids is 1. The largest absolute Gasteiger partial charge is 0.507 e. The molecular weight excluding hydrogens is 354 g/mol. The van der Waals surface area contributed by atoms with E-state index in [0.29, 0.717) is 12.4 Å². The van der Waals surface area contributed by atoms with Gasteiger partial charge in [-0.1, -0.05) is 36.4 Å². The normalized spacial score (nSPS) is 10.6. The smallest absolute Gasteiger partial charge is 0.256 e. The second-order valence-corrected chi connectivity index (χ2v) is 6.11. The third-order valence-corrected chi connectivity index (χ3v) is 4.20. The van der Waals surface area contributed by atoms with Gasteiger partial charge in [0.15, 0.2) is 5.82 Å². The molecule has 0 unspecified atom stereocenters. The van der Waals surface area contributed by atoms with Crippen LogP contribution in [0.5, 0.6) is 5.75 Å². The van der Waals surface area contributed by atoms with E-state index in [4.69, 9.17) is 0 Å². The first-order valence-electron chi connectivity index (χ1n) is 8.68. The van der Waals surface area contributed by atoms with Crippen LogP contribution < -0.4 is 5.32 Å². The predicted octanol–water partition coefficient (Wildman–Crippen LogP) is 2.96. The molecule has 0 saturated heterocycles. The van der Waals surface area contributed by atoms with Gasteiger partial charge in [0.25, 0.3) is 5.91 Å². The number of hydrogen-bond acceptors (Lipinski definition) is 5. The van der Waals surface area contributed by atoms with E-state index in [2.05, 4.69) is 20.4 Å². The molecule has 0 spiro atoms. The lowest BCUT2D eigenvalue weighted by Gasteiger charge is -2.08. The quantitative estimate of drug-likeness (QED) is 0.563. The molecule has 28 heavy (non-hydrogen) atoms. The van der Waals surface area contributed by atoms with Gasteiger partial charge in [-0.2, -0.15) is 5.10 Å². The molecule has 3 aromatic heterocycles. The molecule has 4 aromatic rings. The van der Waals surface area contributed by atoms with E-state index in [-0.39, 0.29) is 11.3 Å². The Hall–Kier alpha value is -4.00. The SMILES string of the molecule is O=C(NCc1ccc(-c2ccccc2)nc1)c1cnc(-n2cccn2)cc1O. The summed E-state index contributed by atoms with van der Waals surface area (Å²) in [6, 6.07) is 16.8. The molecule has 2 N–H and O–H groups in total. The topological polar surface area (TPSA) is 92.9 Å². The van der Waals surface area contributed by atoms with E-state index in [1.54, 1.807) is 24.7 Å².